The van der Waals surface area contributed by atoms with Gasteiger partial charge in [-0.2, -0.15) is 13.2 Å². The molecule has 30 heavy (non-hydrogen) atoms. The number of halogens is 3. The molecule has 1 fully saturated rings. The number of alkyl halides is 3. The van der Waals surface area contributed by atoms with Crippen LogP contribution < -0.4 is 10.1 Å². The molecule has 2 N–H and O–H groups in total. The molecule has 1 aromatic carbocycles. The third-order valence-electron chi connectivity index (χ3n) is 5.09. The van der Waals surface area contributed by atoms with Gasteiger partial charge in [0.05, 0.1) is 28.0 Å². The Hall–Kier alpha value is -2.72. The van der Waals surface area contributed by atoms with E-state index in [4.69, 9.17) is 4.74 Å². The van der Waals surface area contributed by atoms with Crippen molar-refractivity contribution < 1.29 is 27.8 Å². The zero-order valence-electron chi connectivity index (χ0n) is 15.9. The van der Waals surface area contributed by atoms with Gasteiger partial charge in [0, 0.05) is 18.6 Å². The lowest BCUT2D eigenvalue weighted by Crippen LogP contribution is -2.24. The Morgan fingerprint density at radius 3 is 2.73 bits per heavy atom. The van der Waals surface area contributed by atoms with Crippen LogP contribution >= 0.6 is 11.3 Å². The number of aliphatic hydroxyl groups is 1. The molecule has 1 amide bonds. The van der Waals surface area contributed by atoms with E-state index in [-0.39, 0.29) is 12.3 Å². The fraction of sp³-hybridized carbons (Fsp3) is 0.350. The van der Waals surface area contributed by atoms with Crippen molar-refractivity contribution in [1.82, 2.24) is 9.97 Å². The molecular formula is C20H18F3N3O3S. The quantitative estimate of drug-likeness (QED) is 0.616. The average Bonchev–Trinajstić information content (AvgIpc) is 3.08. The number of fused-ring (bicyclic) bond motifs is 1. The predicted octanol–water partition coefficient (Wildman–Crippen LogP) is 4.46. The number of nitrogens with zero attached hydrogens (tertiary/aromatic N) is 2. The van der Waals surface area contributed by atoms with E-state index in [2.05, 4.69) is 15.3 Å². The fourth-order valence-electron chi connectivity index (χ4n) is 3.41. The Balaban J connectivity index is 1.59. The normalized spacial score (nSPS) is 18.8. The van der Waals surface area contributed by atoms with Crippen LogP contribution in [-0.4, -0.2) is 34.7 Å². The molecule has 3 aromatic rings. The summed E-state index contributed by atoms with van der Waals surface area (Å²) in [6, 6.07) is 6.55. The molecule has 1 aliphatic rings. The van der Waals surface area contributed by atoms with E-state index >= 15 is 0 Å². The molecule has 6 nitrogen and oxygen atoms in total. The molecule has 0 saturated heterocycles. The van der Waals surface area contributed by atoms with Crippen LogP contribution in [0, 0.1) is 5.92 Å². The predicted molar refractivity (Wildman–Crippen MR) is 106 cm³/mol. The minimum atomic E-state index is -4.64. The summed E-state index contributed by atoms with van der Waals surface area (Å²) in [7, 11) is 1.43. The van der Waals surface area contributed by atoms with Crippen LogP contribution in [-0.2, 0) is 6.18 Å². The first kappa shape index (κ1) is 20.5. The van der Waals surface area contributed by atoms with Crippen LogP contribution in [0.3, 0.4) is 0 Å². The maximum atomic E-state index is 12.9. The molecule has 0 bridgehead atoms. The van der Waals surface area contributed by atoms with Gasteiger partial charge in [0.1, 0.15) is 17.1 Å². The summed E-state index contributed by atoms with van der Waals surface area (Å²) in [6.07, 6.45) is -2.86. The van der Waals surface area contributed by atoms with Gasteiger partial charge in [0.25, 0.3) is 5.91 Å². The highest BCUT2D eigenvalue weighted by molar-refractivity contribution is 7.18. The van der Waals surface area contributed by atoms with Crippen LogP contribution in [0.4, 0.5) is 18.9 Å². The largest absolute Gasteiger partial charge is 0.494 e. The molecule has 2 heterocycles. The van der Waals surface area contributed by atoms with Crippen molar-refractivity contribution >= 4 is 33.1 Å². The number of aromatic nitrogens is 2. The van der Waals surface area contributed by atoms with Crippen LogP contribution in [0.2, 0.25) is 0 Å². The van der Waals surface area contributed by atoms with Crippen LogP contribution in [0.5, 0.6) is 5.75 Å². The maximum absolute atomic E-state index is 12.9. The average molecular weight is 437 g/mol. The Labute approximate surface area is 173 Å². The van der Waals surface area contributed by atoms with Gasteiger partial charge in [0.2, 0.25) is 0 Å². The summed E-state index contributed by atoms with van der Waals surface area (Å²) in [5, 5.41) is 12.7. The number of carbonyl (C=O) groups is 1. The van der Waals surface area contributed by atoms with Crippen LogP contribution in [0.1, 0.15) is 39.9 Å². The van der Waals surface area contributed by atoms with E-state index in [9.17, 15) is 23.1 Å². The zero-order valence-corrected chi connectivity index (χ0v) is 16.7. The Bertz CT molecular complexity index is 1090. The number of carbonyl (C=O) groups excluding carboxylic acids is 1. The molecule has 0 radical (unpaired) electrons. The molecule has 10 heteroatoms. The zero-order chi connectivity index (χ0) is 21.5. The SMILES string of the molecule is COc1cc2nc(C3CC(CO)C3)sc2cc1NC(=O)c1cccc(C(F)(F)F)n1. The van der Waals surface area contributed by atoms with Crippen LogP contribution in [0.25, 0.3) is 10.2 Å². The van der Waals surface area contributed by atoms with Gasteiger partial charge in [0.15, 0.2) is 0 Å². The second kappa shape index (κ2) is 7.84. The fourth-order valence-corrected chi connectivity index (χ4v) is 4.52. The number of amides is 1. The van der Waals surface area contributed by atoms with E-state index in [0.717, 1.165) is 40.2 Å². The third kappa shape index (κ3) is 3.97. The first-order valence-electron chi connectivity index (χ1n) is 9.23. The lowest BCUT2D eigenvalue weighted by atomic mass is 9.76. The van der Waals surface area contributed by atoms with Gasteiger partial charge in [-0.25, -0.2) is 9.97 Å². The summed E-state index contributed by atoms with van der Waals surface area (Å²) in [5.41, 5.74) is -0.437. The number of anilines is 1. The second-order valence-electron chi connectivity index (χ2n) is 7.15. The van der Waals surface area contributed by atoms with E-state index in [1.165, 1.54) is 24.5 Å². The minimum absolute atomic E-state index is 0.176. The molecule has 0 aliphatic heterocycles. The Kier molecular flexibility index (Phi) is 5.37. The van der Waals surface area contributed by atoms with Crippen molar-refractivity contribution in [3.63, 3.8) is 0 Å². The number of methoxy groups -OCH3 is 1. The number of aliphatic hydroxyl groups excluding tert-OH is 1. The van der Waals surface area contributed by atoms with Crippen LogP contribution in [0.15, 0.2) is 30.3 Å². The molecule has 1 aliphatic carbocycles. The summed E-state index contributed by atoms with van der Waals surface area (Å²) in [4.78, 5) is 20.6. The standard InChI is InChI=1S/C20H18F3N3O3S/c1-29-15-7-14-16(30-19(26-14)11-5-10(6-11)9-27)8-13(15)25-18(28)12-3-2-4-17(24-12)20(21,22)23/h2-4,7-8,10-11,27H,5-6,9H2,1H3,(H,25,28). The third-order valence-corrected chi connectivity index (χ3v) is 6.27. The topological polar surface area (TPSA) is 84.3 Å². The number of pyridine rings is 1. The molecule has 0 atom stereocenters. The lowest BCUT2D eigenvalue weighted by Gasteiger charge is -2.32. The van der Waals surface area contributed by atoms with Gasteiger partial charge >= 0.3 is 6.18 Å². The number of hydrogen-bond acceptors (Lipinski definition) is 6. The van der Waals surface area contributed by atoms with Crippen molar-refractivity contribution in [3.05, 3.63) is 46.7 Å². The monoisotopic (exact) mass is 437 g/mol. The summed E-state index contributed by atoms with van der Waals surface area (Å²) >= 11 is 1.49. The van der Waals surface area contributed by atoms with E-state index in [0.29, 0.717) is 23.3 Å². The first-order chi connectivity index (χ1) is 14.3. The van der Waals surface area contributed by atoms with Crippen molar-refractivity contribution in [3.8, 4) is 5.75 Å². The van der Waals surface area contributed by atoms with Gasteiger partial charge in [-0.15, -0.1) is 11.3 Å². The molecule has 2 aromatic heterocycles. The molecule has 4 rings (SSSR count). The van der Waals surface area contributed by atoms with Gasteiger partial charge < -0.3 is 15.2 Å². The maximum Gasteiger partial charge on any atom is 0.433 e. The highest BCUT2D eigenvalue weighted by atomic mass is 32.1. The van der Waals surface area contributed by atoms with E-state index in [1.807, 2.05) is 0 Å². The molecule has 0 unspecified atom stereocenters. The minimum Gasteiger partial charge on any atom is -0.494 e. The molecule has 0 spiro atoms. The highest BCUT2D eigenvalue weighted by Crippen LogP contribution is 2.44. The van der Waals surface area contributed by atoms with E-state index < -0.39 is 17.8 Å². The lowest BCUT2D eigenvalue weighted by molar-refractivity contribution is -0.141. The van der Waals surface area contributed by atoms with E-state index in [1.54, 1.807) is 12.1 Å². The number of nitrogens with one attached hydrogen (secondary N) is 1. The molecule has 1 saturated carbocycles. The van der Waals surface area contributed by atoms with Crippen molar-refractivity contribution in [2.24, 2.45) is 5.92 Å². The summed E-state index contributed by atoms with van der Waals surface area (Å²) < 4.78 is 44.8. The smallest absolute Gasteiger partial charge is 0.433 e. The van der Waals surface area contributed by atoms with Crippen molar-refractivity contribution in [2.75, 3.05) is 19.0 Å². The summed E-state index contributed by atoms with van der Waals surface area (Å²) in [5.74, 6) is 0.194. The van der Waals surface area contributed by atoms with Gasteiger partial charge in [-0.1, -0.05) is 6.07 Å². The molecular weight excluding hydrogens is 419 g/mol. The second-order valence-corrected chi connectivity index (χ2v) is 8.21. The number of rotatable bonds is 5. The number of hydrogen-bond donors (Lipinski definition) is 2. The number of ether oxygens (including phenoxy) is 1. The van der Waals surface area contributed by atoms with Crippen molar-refractivity contribution in [2.45, 2.75) is 24.9 Å². The van der Waals surface area contributed by atoms with Gasteiger partial charge in [-0.05, 0) is 37.0 Å². The highest BCUT2D eigenvalue weighted by Gasteiger charge is 2.33. The Morgan fingerprint density at radius 2 is 2.07 bits per heavy atom. The summed E-state index contributed by atoms with van der Waals surface area (Å²) in [6.45, 7) is 0.176. The number of benzene rings is 1. The van der Waals surface area contributed by atoms with Crippen molar-refractivity contribution in [1.29, 1.82) is 0 Å². The first-order valence-corrected chi connectivity index (χ1v) is 10.0. The Morgan fingerprint density at radius 1 is 1.30 bits per heavy atom. The number of thiazole rings is 1. The van der Waals surface area contributed by atoms with Gasteiger partial charge in [-0.3, -0.25) is 4.79 Å². The molecule has 158 valence electrons.